The third-order valence-corrected chi connectivity index (χ3v) is 4.89. The number of nitrogens with zero attached hydrogens (tertiary/aromatic N) is 1. The molecular weight excluding hydrogens is 495 g/mol. The number of halogens is 1. The summed E-state index contributed by atoms with van der Waals surface area (Å²) in [7, 11) is 3.45. The molecule has 0 saturated heterocycles. The lowest BCUT2D eigenvalue weighted by molar-refractivity contribution is 0.0474. The monoisotopic (exact) mass is 532 g/mol. The van der Waals surface area contributed by atoms with Gasteiger partial charge in [0.2, 0.25) is 0 Å². The summed E-state index contributed by atoms with van der Waals surface area (Å²) < 4.78 is 10.9. The van der Waals surface area contributed by atoms with Gasteiger partial charge >= 0.3 is 6.09 Å². The van der Waals surface area contributed by atoms with Crippen LogP contribution in [0, 0.1) is 0 Å². The van der Waals surface area contributed by atoms with E-state index in [1.165, 1.54) is 5.56 Å². The Kier molecular flexibility index (Phi) is 9.25. The molecule has 170 valence electrons. The fourth-order valence-electron chi connectivity index (χ4n) is 3.18. The van der Waals surface area contributed by atoms with Crippen molar-refractivity contribution in [3.05, 3.63) is 29.8 Å². The van der Waals surface area contributed by atoms with E-state index in [0.717, 1.165) is 25.1 Å². The molecule has 0 radical (unpaired) electrons. The number of carbonyl (C=O) groups excluding carboxylic acids is 1. The van der Waals surface area contributed by atoms with E-state index in [9.17, 15) is 4.79 Å². The second-order valence-corrected chi connectivity index (χ2v) is 9.27. The fourth-order valence-corrected chi connectivity index (χ4v) is 3.18. The largest absolute Gasteiger partial charge is 0.496 e. The van der Waals surface area contributed by atoms with Crippen molar-refractivity contribution in [1.82, 2.24) is 16.0 Å². The number of benzene rings is 1. The highest BCUT2D eigenvalue weighted by Gasteiger charge is 2.46. The van der Waals surface area contributed by atoms with Gasteiger partial charge in [-0.15, -0.1) is 24.0 Å². The first kappa shape index (κ1) is 26.3. The second-order valence-electron chi connectivity index (χ2n) is 9.27. The van der Waals surface area contributed by atoms with Gasteiger partial charge in [-0.2, -0.15) is 0 Å². The van der Waals surface area contributed by atoms with E-state index in [2.05, 4.69) is 33.1 Å². The highest BCUT2D eigenvalue weighted by Crippen LogP contribution is 2.50. The molecule has 7 nitrogen and oxygen atoms in total. The Bertz CT molecular complexity index is 740. The van der Waals surface area contributed by atoms with E-state index in [0.29, 0.717) is 12.5 Å². The van der Waals surface area contributed by atoms with Gasteiger partial charge in [-0.3, -0.25) is 4.99 Å². The molecule has 0 heterocycles. The number of rotatable bonds is 7. The number of hydrogen-bond acceptors (Lipinski definition) is 4. The van der Waals surface area contributed by atoms with Crippen LogP contribution in [0.2, 0.25) is 0 Å². The maximum absolute atomic E-state index is 12.1. The van der Waals surface area contributed by atoms with E-state index in [1.807, 2.05) is 46.8 Å². The molecule has 1 aromatic rings. The minimum Gasteiger partial charge on any atom is -0.496 e. The van der Waals surface area contributed by atoms with Crippen LogP contribution in [0.15, 0.2) is 29.3 Å². The Balaban J connectivity index is 0.00000450. The molecule has 0 atom stereocenters. The van der Waals surface area contributed by atoms with E-state index >= 15 is 0 Å². The number of carbonyl (C=O) groups is 1. The Labute approximate surface area is 197 Å². The summed E-state index contributed by atoms with van der Waals surface area (Å²) in [5, 5.41) is 9.62. The molecule has 0 unspecified atom stereocenters. The Hall–Kier alpha value is -1.71. The zero-order chi connectivity index (χ0) is 21.7. The van der Waals surface area contributed by atoms with Crippen molar-refractivity contribution in [2.75, 3.05) is 27.2 Å². The minimum atomic E-state index is -0.526. The van der Waals surface area contributed by atoms with E-state index in [4.69, 9.17) is 9.47 Å². The molecule has 2 rings (SSSR count). The molecule has 0 spiro atoms. The number of amides is 1. The van der Waals surface area contributed by atoms with Gasteiger partial charge in [-0.25, -0.2) is 4.79 Å². The van der Waals surface area contributed by atoms with Crippen molar-refractivity contribution in [3.63, 3.8) is 0 Å². The Morgan fingerprint density at radius 2 is 1.77 bits per heavy atom. The summed E-state index contributed by atoms with van der Waals surface area (Å²) in [5.41, 5.74) is 0.286. The molecular formula is C22H37IN4O3. The zero-order valence-electron chi connectivity index (χ0n) is 19.2. The van der Waals surface area contributed by atoms with Crippen LogP contribution in [-0.4, -0.2) is 50.4 Å². The summed E-state index contributed by atoms with van der Waals surface area (Å²) in [6, 6.07) is 8.19. The van der Waals surface area contributed by atoms with Gasteiger partial charge < -0.3 is 25.4 Å². The molecule has 1 aliphatic carbocycles. The first-order chi connectivity index (χ1) is 13.5. The maximum Gasteiger partial charge on any atom is 0.408 e. The van der Waals surface area contributed by atoms with Gasteiger partial charge in [-0.05, 0) is 53.5 Å². The van der Waals surface area contributed by atoms with Gasteiger partial charge in [0.05, 0.1) is 12.6 Å². The normalized spacial score (nSPS) is 15.5. The first-order valence-electron chi connectivity index (χ1n) is 10.1. The van der Waals surface area contributed by atoms with Crippen molar-refractivity contribution in [3.8, 4) is 5.75 Å². The lowest BCUT2D eigenvalue weighted by Gasteiger charge is -2.29. The van der Waals surface area contributed by atoms with Crippen molar-refractivity contribution >= 4 is 36.0 Å². The third-order valence-electron chi connectivity index (χ3n) is 4.89. The summed E-state index contributed by atoms with van der Waals surface area (Å²) >= 11 is 0. The predicted molar refractivity (Wildman–Crippen MR) is 132 cm³/mol. The molecule has 3 N–H and O–H groups in total. The molecule has 0 aliphatic heterocycles. The SMILES string of the molecule is CN=C(NCC(C)(C)NC(=O)OC(C)(C)C)NCC1(c2ccccc2OC)CC1.I. The zero-order valence-corrected chi connectivity index (χ0v) is 21.5. The van der Waals surface area contributed by atoms with Crippen molar-refractivity contribution in [1.29, 1.82) is 0 Å². The summed E-state index contributed by atoms with van der Waals surface area (Å²) in [4.78, 5) is 16.4. The highest BCUT2D eigenvalue weighted by atomic mass is 127. The maximum atomic E-state index is 12.1. The fraction of sp³-hybridized carbons (Fsp3) is 0.636. The number of alkyl carbamates (subject to hydrolysis) is 1. The topological polar surface area (TPSA) is 84.0 Å². The van der Waals surface area contributed by atoms with E-state index in [1.54, 1.807) is 14.2 Å². The van der Waals surface area contributed by atoms with Crippen LogP contribution in [0.4, 0.5) is 4.79 Å². The number of ether oxygens (including phenoxy) is 2. The van der Waals surface area contributed by atoms with Gasteiger partial charge in [0, 0.05) is 31.1 Å². The average Bonchev–Trinajstić information content (AvgIpc) is 3.40. The van der Waals surface area contributed by atoms with Gasteiger partial charge in [0.15, 0.2) is 5.96 Å². The lowest BCUT2D eigenvalue weighted by atomic mass is 9.95. The van der Waals surface area contributed by atoms with Crippen LogP contribution in [0.3, 0.4) is 0 Å². The summed E-state index contributed by atoms with van der Waals surface area (Å²) in [6.07, 6.45) is 1.80. The number of hydrogen-bond donors (Lipinski definition) is 3. The van der Waals surface area contributed by atoms with Crippen LogP contribution in [-0.2, 0) is 10.2 Å². The van der Waals surface area contributed by atoms with Crippen LogP contribution in [0.25, 0.3) is 0 Å². The molecule has 0 aromatic heterocycles. The third kappa shape index (κ3) is 7.85. The number of nitrogens with one attached hydrogen (secondary N) is 3. The first-order valence-corrected chi connectivity index (χ1v) is 10.1. The predicted octanol–water partition coefficient (Wildman–Crippen LogP) is 3.81. The average molecular weight is 532 g/mol. The molecule has 1 aromatic carbocycles. The number of para-hydroxylation sites is 1. The van der Waals surface area contributed by atoms with Crippen LogP contribution in [0.1, 0.15) is 53.0 Å². The highest BCUT2D eigenvalue weighted by molar-refractivity contribution is 14.0. The Morgan fingerprint density at radius 3 is 2.30 bits per heavy atom. The molecule has 1 fully saturated rings. The number of aliphatic imine (C=N–C) groups is 1. The van der Waals surface area contributed by atoms with Gasteiger partial charge in [0.1, 0.15) is 11.4 Å². The molecule has 0 bridgehead atoms. The van der Waals surface area contributed by atoms with Crippen LogP contribution < -0.4 is 20.7 Å². The quantitative estimate of drug-likeness (QED) is 0.283. The van der Waals surface area contributed by atoms with E-state index in [-0.39, 0.29) is 29.4 Å². The lowest BCUT2D eigenvalue weighted by Crippen LogP contribution is -2.54. The second kappa shape index (κ2) is 10.5. The number of methoxy groups -OCH3 is 1. The van der Waals surface area contributed by atoms with Crippen LogP contribution >= 0.6 is 24.0 Å². The standard InChI is InChI=1S/C22H36N4O3.HI/c1-20(2,3)29-19(27)26-21(4,5)14-24-18(23-6)25-15-22(12-13-22)16-10-8-9-11-17(16)28-7;/h8-11H,12-15H2,1-7H3,(H,26,27)(H2,23,24,25);1H. The van der Waals surface area contributed by atoms with Gasteiger partial charge in [-0.1, -0.05) is 18.2 Å². The summed E-state index contributed by atoms with van der Waals surface area (Å²) in [5.74, 6) is 1.63. The van der Waals surface area contributed by atoms with Gasteiger partial charge in [0.25, 0.3) is 0 Å². The van der Waals surface area contributed by atoms with Crippen molar-refractivity contribution in [2.24, 2.45) is 4.99 Å². The summed E-state index contributed by atoms with van der Waals surface area (Å²) in [6.45, 7) is 10.7. The molecule has 30 heavy (non-hydrogen) atoms. The molecule has 1 saturated carbocycles. The smallest absolute Gasteiger partial charge is 0.408 e. The Morgan fingerprint density at radius 1 is 1.13 bits per heavy atom. The molecule has 1 aliphatic rings. The molecule has 8 heteroatoms. The van der Waals surface area contributed by atoms with Crippen molar-refractivity contribution < 1.29 is 14.3 Å². The van der Waals surface area contributed by atoms with Crippen molar-refractivity contribution in [2.45, 2.75) is 64.0 Å². The minimum absolute atomic E-state index is 0. The van der Waals surface area contributed by atoms with Crippen LogP contribution in [0.5, 0.6) is 5.75 Å². The number of guanidine groups is 1. The molecule has 1 amide bonds. The van der Waals surface area contributed by atoms with E-state index < -0.39 is 17.2 Å².